The summed E-state index contributed by atoms with van der Waals surface area (Å²) in [4.78, 5) is 14.1. The molecule has 1 aromatic heterocycles. The highest BCUT2D eigenvalue weighted by molar-refractivity contribution is 5.64. The van der Waals surface area contributed by atoms with Gasteiger partial charge in [-0.05, 0) is 6.92 Å². The standard InChI is InChI=1S/C7H10N2O4/c1-4(8-7(11)12)6-9-5(2-10)3-13-6/h3-4,8,10H,2H2,1H3,(H,11,12). The number of aromatic nitrogens is 1. The van der Waals surface area contributed by atoms with Gasteiger partial charge in [-0.1, -0.05) is 0 Å². The minimum Gasteiger partial charge on any atom is -0.465 e. The molecule has 0 aliphatic heterocycles. The summed E-state index contributed by atoms with van der Waals surface area (Å²) >= 11 is 0. The summed E-state index contributed by atoms with van der Waals surface area (Å²) < 4.78 is 4.92. The van der Waals surface area contributed by atoms with Gasteiger partial charge in [0.1, 0.15) is 18.0 Å². The van der Waals surface area contributed by atoms with E-state index in [2.05, 4.69) is 10.3 Å². The monoisotopic (exact) mass is 186 g/mol. The maximum absolute atomic E-state index is 10.2. The molecule has 72 valence electrons. The number of hydrogen-bond acceptors (Lipinski definition) is 4. The molecule has 1 aromatic rings. The van der Waals surface area contributed by atoms with E-state index in [4.69, 9.17) is 14.6 Å². The SMILES string of the molecule is CC(NC(=O)O)c1nc(CO)co1. The summed E-state index contributed by atoms with van der Waals surface area (Å²) in [7, 11) is 0. The van der Waals surface area contributed by atoms with Crippen LogP contribution in [0, 0.1) is 0 Å². The Hall–Kier alpha value is -1.56. The molecule has 1 unspecified atom stereocenters. The van der Waals surface area contributed by atoms with E-state index >= 15 is 0 Å². The third-order valence-corrected chi connectivity index (χ3v) is 1.44. The maximum Gasteiger partial charge on any atom is 0.405 e. The first kappa shape index (κ1) is 9.53. The van der Waals surface area contributed by atoms with E-state index < -0.39 is 12.1 Å². The third kappa shape index (κ3) is 2.45. The fourth-order valence-electron chi connectivity index (χ4n) is 0.841. The number of aliphatic hydroxyl groups is 1. The molecule has 0 aliphatic rings. The molecule has 0 radical (unpaired) electrons. The summed E-state index contributed by atoms with van der Waals surface area (Å²) in [5, 5.41) is 19.2. The lowest BCUT2D eigenvalue weighted by Gasteiger charge is -2.05. The Labute approximate surface area is 74.2 Å². The lowest BCUT2D eigenvalue weighted by Crippen LogP contribution is -2.24. The zero-order chi connectivity index (χ0) is 9.84. The Bertz CT molecular complexity index is 296. The highest BCUT2D eigenvalue weighted by Gasteiger charge is 2.13. The number of rotatable bonds is 3. The number of nitrogens with zero attached hydrogens (tertiary/aromatic N) is 1. The van der Waals surface area contributed by atoms with E-state index in [-0.39, 0.29) is 12.5 Å². The zero-order valence-corrected chi connectivity index (χ0v) is 7.02. The maximum atomic E-state index is 10.2. The Morgan fingerprint density at radius 1 is 1.85 bits per heavy atom. The van der Waals surface area contributed by atoms with Crippen LogP contribution < -0.4 is 5.32 Å². The first-order chi connectivity index (χ1) is 6.13. The molecule has 0 aromatic carbocycles. The number of carboxylic acid groups (broad SMARTS) is 1. The van der Waals surface area contributed by atoms with Gasteiger partial charge in [-0.3, -0.25) is 0 Å². The van der Waals surface area contributed by atoms with E-state index in [9.17, 15) is 4.79 Å². The van der Waals surface area contributed by atoms with Crippen molar-refractivity contribution in [2.24, 2.45) is 0 Å². The van der Waals surface area contributed by atoms with Crippen LogP contribution in [-0.4, -0.2) is 21.3 Å². The van der Waals surface area contributed by atoms with Gasteiger partial charge in [-0.2, -0.15) is 0 Å². The van der Waals surface area contributed by atoms with E-state index in [0.29, 0.717) is 5.69 Å². The number of aliphatic hydroxyl groups excluding tert-OH is 1. The average molecular weight is 186 g/mol. The van der Waals surface area contributed by atoms with Crippen molar-refractivity contribution in [3.63, 3.8) is 0 Å². The smallest absolute Gasteiger partial charge is 0.405 e. The molecule has 1 heterocycles. The third-order valence-electron chi connectivity index (χ3n) is 1.44. The molecule has 0 aliphatic carbocycles. The van der Waals surface area contributed by atoms with Crippen molar-refractivity contribution in [1.82, 2.24) is 10.3 Å². The van der Waals surface area contributed by atoms with Crippen molar-refractivity contribution in [1.29, 1.82) is 0 Å². The van der Waals surface area contributed by atoms with E-state index in [1.54, 1.807) is 6.92 Å². The lowest BCUT2D eigenvalue weighted by atomic mass is 10.3. The van der Waals surface area contributed by atoms with Crippen LogP contribution in [0.4, 0.5) is 4.79 Å². The van der Waals surface area contributed by atoms with Crippen molar-refractivity contribution in [2.45, 2.75) is 19.6 Å². The van der Waals surface area contributed by atoms with Crippen molar-refractivity contribution in [3.05, 3.63) is 17.8 Å². The second kappa shape index (κ2) is 3.90. The molecule has 13 heavy (non-hydrogen) atoms. The summed E-state index contributed by atoms with van der Waals surface area (Å²) in [6.07, 6.45) is 0.145. The van der Waals surface area contributed by atoms with Crippen LogP contribution >= 0.6 is 0 Å². The van der Waals surface area contributed by atoms with Crippen molar-refractivity contribution in [3.8, 4) is 0 Å². The minimum absolute atomic E-state index is 0.219. The number of nitrogens with one attached hydrogen (secondary N) is 1. The Balaban J connectivity index is 2.65. The number of oxazole rings is 1. The number of amides is 1. The van der Waals surface area contributed by atoms with Gasteiger partial charge in [-0.15, -0.1) is 0 Å². The summed E-state index contributed by atoms with van der Waals surface area (Å²) in [5.74, 6) is 0.242. The molecule has 0 saturated carbocycles. The Kier molecular flexibility index (Phi) is 2.86. The highest BCUT2D eigenvalue weighted by atomic mass is 16.4. The second-order valence-electron chi connectivity index (χ2n) is 2.51. The molecule has 1 rings (SSSR count). The summed E-state index contributed by atoms with van der Waals surface area (Å²) in [6.45, 7) is 1.38. The molecular formula is C7H10N2O4. The Morgan fingerprint density at radius 2 is 2.54 bits per heavy atom. The first-order valence-electron chi connectivity index (χ1n) is 3.68. The van der Waals surface area contributed by atoms with Gasteiger partial charge in [-0.25, -0.2) is 9.78 Å². The van der Waals surface area contributed by atoms with Crippen LogP contribution in [0.2, 0.25) is 0 Å². The normalized spacial score (nSPS) is 12.5. The van der Waals surface area contributed by atoms with Crippen LogP contribution in [0.5, 0.6) is 0 Å². The van der Waals surface area contributed by atoms with Crippen LogP contribution in [-0.2, 0) is 6.61 Å². The molecule has 6 nitrogen and oxygen atoms in total. The van der Waals surface area contributed by atoms with Gasteiger partial charge < -0.3 is 19.9 Å². The molecule has 1 amide bonds. The number of carbonyl (C=O) groups is 1. The molecule has 0 saturated heterocycles. The van der Waals surface area contributed by atoms with Gasteiger partial charge in [0, 0.05) is 0 Å². The minimum atomic E-state index is -1.14. The quantitative estimate of drug-likeness (QED) is 0.638. The van der Waals surface area contributed by atoms with E-state index in [1.165, 1.54) is 6.26 Å². The largest absolute Gasteiger partial charge is 0.465 e. The molecule has 6 heteroatoms. The van der Waals surface area contributed by atoms with E-state index in [1.807, 2.05) is 0 Å². The molecular weight excluding hydrogens is 176 g/mol. The fraction of sp³-hybridized carbons (Fsp3) is 0.429. The number of hydrogen-bond donors (Lipinski definition) is 3. The molecule has 3 N–H and O–H groups in total. The Morgan fingerprint density at radius 3 is 3.00 bits per heavy atom. The molecule has 1 atom stereocenters. The second-order valence-corrected chi connectivity index (χ2v) is 2.51. The fourth-order valence-corrected chi connectivity index (χ4v) is 0.841. The van der Waals surface area contributed by atoms with Crippen molar-refractivity contribution < 1.29 is 19.4 Å². The molecule has 0 bridgehead atoms. The van der Waals surface area contributed by atoms with Crippen LogP contribution in [0.1, 0.15) is 24.6 Å². The van der Waals surface area contributed by atoms with E-state index in [0.717, 1.165) is 0 Å². The van der Waals surface area contributed by atoms with Crippen LogP contribution in [0.15, 0.2) is 10.7 Å². The van der Waals surface area contributed by atoms with Gasteiger partial charge >= 0.3 is 6.09 Å². The van der Waals surface area contributed by atoms with Gasteiger partial charge in [0.25, 0.3) is 0 Å². The van der Waals surface area contributed by atoms with Gasteiger partial charge in [0.15, 0.2) is 0 Å². The topological polar surface area (TPSA) is 95.6 Å². The van der Waals surface area contributed by atoms with Crippen LogP contribution in [0.25, 0.3) is 0 Å². The summed E-state index contributed by atoms with van der Waals surface area (Å²) in [6, 6.07) is -0.516. The first-order valence-corrected chi connectivity index (χ1v) is 3.68. The van der Waals surface area contributed by atoms with Crippen LogP contribution in [0.3, 0.4) is 0 Å². The van der Waals surface area contributed by atoms with Gasteiger partial charge in [0.2, 0.25) is 5.89 Å². The highest BCUT2D eigenvalue weighted by Crippen LogP contribution is 2.11. The predicted molar refractivity (Wildman–Crippen MR) is 42.0 cm³/mol. The molecule has 0 spiro atoms. The average Bonchev–Trinajstić information content (AvgIpc) is 2.50. The summed E-state index contributed by atoms with van der Waals surface area (Å²) in [5.41, 5.74) is 0.383. The van der Waals surface area contributed by atoms with Gasteiger partial charge in [0.05, 0.1) is 6.61 Å². The lowest BCUT2D eigenvalue weighted by molar-refractivity contribution is 0.188. The zero-order valence-electron chi connectivity index (χ0n) is 7.02. The predicted octanol–water partition coefficient (Wildman–Crippen LogP) is 0.496. The molecule has 0 fully saturated rings. The van der Waals surface area contributed by atoms with Crippen molar-refractivity contribution >= 4 is 6.09 Å². The van der Waals surface area contributed by atoms with Crippen molar-refractivity contribution in [2.75, 3.05) is 0 Å².